The molecular weight excluding hydrogens is 352 g/mol. The van der Waals surface area contributed by atoms with Crippen molar-refractivity contribution in [3.8, 4) is 5.75 Å². The van der Waals surface area contributed by atoms with Gasteiger partial charge >= 0.3 is 0 Å². The largest absolute Gasteiger partial charge is 0.495 e. The molecule has 1 amide bonds. The Labute approximate surface area is 144 Å². The summed E-state index contributed by atoms with van der Waals surface area (Å²) in [7, 11) is -0.332. The molecule has 1 aromatic carbocycles. The van der Waals surface area contributed by atoms with Crippen LogP contribution in [0.3, 0.4) is 0 Å². The van der Waals surface area contributed by atoms with Crippen LogP contribution >= 0.6 is 11.5 Å². The molecule has 8 nitrogen and oxygen atoms in total. The molecule has 1 aromatic heterocycles. The lowest BCUT2D eigenvalue weighted by Gasteiger charge is -2.12. The van der Waals surface area contributed by atoms with Crippen LogP contribution in [-0.2, 0) is 10.0 Å². The third kappa shape index (κ3) is 4.15. The number of aromatic nitrogens is 1. The van der Waals surface area contributed by atoms with Crippen molar-refractivity contribution in [3.05, 3.63) is 29.5 Å². The molecule has 2 rings (SSSR count). The number of carbonyl (C=O) groups excluding carboxylic acids is 1. The molecule has 2 aromatic rings. The van der Waals surface area contributed by atoms with E-state index in [1.54, 1.807) is 26.1 Å². The molecule has 10 heteroatoms. The van der Waals surface area contributed by atoms with Gasteiger partial charge in [-0.3, -0.25) is 9.52 Å². The molecular formula is C14H18N4O4S2. The first-order valence-electron chi connectivity index (χ1n) is 6.86. The summed E-state index contributed by atoms with van der Waals surface area (Å²) in [5, 5.41) is 6.32. The molecule has 0 unspecified atom stereocenters. The highest BCUT2D eigenvalue weighted by molar-refractivity contribution is 7.92. The smallest absolute Gasteiger partial charge is 0.260 e. The van der Waals surface area contributed by atoms with Gasteiger partial charge in [0.2, 0.25) is 10.0 Å². The van der Waals surface area contributed by atoms with Gasteiger partial charge in [0.15, 0.2) is 0 Å². The zero-order valence-electron chi connectivity index (χ0n) is 13.6. The van der Waals surface area contributed by atoms with Crippen molar-refractivity contribution in [2.24, 2.45) is 0 Å². The van der Waals surface area contributed by atoms with Gasteiger partial charge in [-0.1, -0.05) is 0 Å². The fourth-order valence-corrected chi connectivity index (χ4v) is 3.37. The fraction of sp³-hybridized carbons (Fsp3) is 0.286. The quantitative estimate of drug-likeness (QED) is 0.719. The predicted octanol–water partition coefficient (Wildman–Crippen LogP) is 2.13. The van der Waals surface area contributed by atoms with Crippen molar-refractivity contribution in [1.82, 2.24) is 4.37 Å². The van der Waals surface area contributed by atoms with E-state index in [-0.39, 0.29) is 11.6 Å². The topological polar surface area (TPSA) is 109 Å². The summed E-state index contributed by atoms with van der Waals surface area (Å²) in [6, 6.07) is 4.69. The third-order valence-corrected chi connectivity index (χ3v) is 4.62. The van der Waals surface area contributed by atoms with Crippen LogP contribution in [0.15, 0.2) is 18.2 Å². The highest BCUT2D eigenvalue weighted by Gasteiger charge is 2.18. The van der Waals surface area contributed by atoms with E-state index in [0.29, 0.717) is 27.7 Å². The SMILES string of the molecule is CNc1snc(C)c1C(=O)Nc1ccc(OC)c(NS(C)(=O)=O)c1. The van der Waals surface area contributed by atoms with Crippen molar-refractivity contribution < 1.29 is 17.9 Å². The van der Waals surface area contributed by atoms with Crippen molar-refractivity contribution in [3.63, 3.8) is 0 Å². The minimum absolute atomic E-state index is 0.242. The second kappa shape index (κ2) is 7.05. The van der Waals surface area contributed by atoms with Crippen LogP contribution < -0.4 is 20.1 Å². The summed E-state index contributed by atoms with van der Waals surface area (Å²) < 4.78 is 34.5. The molecule has 0 aliphatic carbocycles. The van der Waals surface area contributed by atoms with Gasteiger partial charge in [0.25, 0.3) is 5.91 Å². The number of nitrogens with one attached hydrogen (secondary N) is 3. The molecule has 0 radical (unpaired) electrons. The fourth-order valence-electron chi connectivity index (χ4n) is 2.07. The number of benzene rings is 1. The highest BCUT2D eigenvalue weighted by Crippen LogP contribution is 2.30. The number of methoxy groups -OCH3 is 1. The average molecular weight is 370 g/mol. The maximum atomic E-state index is 12.5. The molecule has 0 saturated heterocycles. The van der Waals surface area contributed by atoms with Crippen molar-refractivity contribution in [2.75, 3.05) is 35.8 Å². The zero-order chi connectivity index (χ0) is 17.9. The molecule has 0 fully saturated rings. The molecule has 0 saturated carbocycles. The van der Waals surface area contributed by atoms with Crippen molar-refractivity contribution in [2.45, 2.75) is 6.92 Å². The Hall–Kier alpha value is -2.33. The lowest BCUT2D eigenvalue weighted by atomic mass is 10.2. The summed E-state index contributed by atoms with van der Waals surface area (Å²) in [4.78, 5) is 12.5. The normalized spacial score (nSPS) is 11.0. The Balaban J connectivity index is 2.31. The van der Waals surface area contributed by atoms with Gasteiger partial charge in [0.05, 0.1) is 30.3 Å². The van der Waals surface area contributed by atoms with Crippen LogP contribution in [0.5, 0.6) is 5.75 Å². The van der Waals surface area contributed by atoms with E-state index in [1.165, 1.54) is 24.7 Å². The van der Waals surface area contributed by atoms with E-state index in [2.05, 4.69) is 19.7 Å². The second-order valence-corrected chi connectivity index (χ2v) is 7.49. The van der Waals surface area contributed by atoms with Gasteiger partial charge in [-0.2, -0.15) is 4.37 Å². The Bertz CT molecular complexity index is 862. The number of nitrogens with zero attached hydrogens (tertiary/aromatic N) is 1. The maximum Gasteiger partial charge on any atom is 0.260 e. The summed E-state index contributed by atoms with van der Waals surface area (Å²) in [6.07, 6.45) is 1.04. The van der Waals surface area contributed by atoms with E-state index in [1.807, 2.05) is 0 Å². The number of ether oxygens (including phenoxy) is 1. The van der Waals surface area contributed by atoms with Crippen molar-refractivity contribution in [1.29, 1.82) is 0 Å². The monoisotopic (exact) mass is 370 g/mol. The van der Waals surface area contributed by atoms with Crippen LogP contribution in [0.25, 0.3) is 0 Å². The highest BCUT2D eigenvalue weighted by atomic mass is 32.2. The second-order valence-electron chi connectivity index (χ2n) is 4.97. The number of hydrogen-bond acceptors (Lipinski definition) is 7. The Kier molecular flexibility index (Phi) is 5.30. The maximum absolute atomic E-state index is 12.5. The first-order valence-corrected chi connectivity index (χ1v) is 9.53. The summed E-state index contributed by atoms with van der Waals surface area (Å²) in [6.45, 7) is 1.75. The first kappa shape index (κ1) is 18.0. The molecule has 0 atom stereocenters. The van der Waals surface area contributed by atoms with Crippen molar-refractivity contribution >= 4 is 43.8 Å². The average Bonchev–Trinajstić information content (AvgIpc) is 2.87. The van der Waals surface area contributed by atoms with E-state index >= 15 is 0 Å². The number of rotatable bonds is 6. The lowest BCUT2D eigenvalue weighted by Crippen LogP contribution is -2.15. The standard InChI is InChI=1S/C14H18N4O4S2/c1-8-12(14(15-2)23-17-8)13(19)16-9-5-6-11(22-3)10(7-9)18-24(4,20)21/h5-7,15,18H,1-4H3,(H,16,19). The molecule has 0 bridgehead atoms. The summed E-state index contributed by atoms with van der Waals surface area (Å²) in [5.41, 5.74) is 1.74. The van der Waals surface area contributed by atoms with E-state index < -0.39 is 10.0 Å². The van der Waals surface area contributed by atoms with Gasteiger partial charge in [-0.05, 0) is 36.7 Å². The molecule has 0 aliphatic heterocycles. The number of hydrogen-bond donors (Lipinski definition) is 3. The van der Waals surface area contributed by atoms with Gasteiger partial charge in [-0.25, -0.2) is 8.42 Å². The van der Waals surface area contributed by atoms with Crippen LogP contribution in [0.1, 0.15) is 16.1 Å². The van der Waals surface area contributed by atoms with Gasteiger partial charge < -0.3 is 15.4 Å². The van der Waals surface area contributed by atoms with Gasteiger partial charge in [-0.15, -0.1) is 0 Å². The number of aryl methyl sites for hydroxylation is 1. The molecule has 0 aliphatic rings. The van der Waals surface area contributed by atoms with E-state index in [0.717, 1.165) is 6.26 Å². The summed E-state index contributed by atoms with van der Waals surface area (Å²) >= 11 is 1.20. The zero-order valence-corrected chi connectivity index (χ0v) is 15.3. The minimum Gasteiger partial charge on any atom is -0.495 e. The molecule has 24 heavy (non-hydrogen) atoms. The first-order chi connectivity index (χ1) is 11.2. The minimum atomic E-state index is -3.48. The van der Waals surface area contributed by atoms with Gasteiger partial charge in [0, 0.05) is 12.7 Å². The summed E-state index contributed by atoms with van der Waals surface area (Å²) in [5.74, 6) is 0.0174. The predicted molar refractivity (Wildman–Crippen MR) is 95.8 cm³/mol. The van der Waals surface area contributed by atoms with Crippen LogP contribution in [0, 0.1) is 6.92 Å². The molecule has 130 valence electrons. The Morgan fingerprint density at radius 2 is 2.04 bits per heavy atom. The van der Waals surface area contributed by atoms with E-state index in [4.69, 9.17) is 4.74 Å². The Morgan fingerprint density at radius 3 is 2.62 bits per heavy atom. The third-order valence-electron chi connectivity index (χ3n) is 3.07. The van der Waals surface area contributed by atoms with E-state index in [9.17, 15) is 13.2 Å². The number of amides is 1. The molecule has 3 N–H and O–H groups in total. The van der Waals surface area contributed by atoms with Crippen LogP contribution in [0.4, 0.5) is 16.4 Å². The van der Waals surface area contributed by atoms with Crippen LogP contribution in [-0.4, -0.2) is 39.1 Å². The lowest BCUT2D eigenvalue weighted by molar-refractivity contribution is 0.102. The number of anilines is 3. The molecule has 0 spiro atoms. The number of carbonyl (C=O) groups is 1. The molecule has 1 heterocycles. The van der Waals surface area contributed by atoms with Gasteiger partial charge in [0.1, 0.15) is 10.8 Å². The van der Waals surface area contributed by atoms with Crippen LogP contribution in [0.2, 0.25) is 0 Å². The number of sulfonamides is 1. The Morgan fingerprint density at radius 1 is 1.33 bits per heavy atom.